The van der Waals surface area contributed by atoms with Gasteiger partial charge in [-0.3, -0.25) is 9.59 Å². The Morgan fingerprint density at radius 3 is 2.74 bits per heavy atom. The molecule has 23 heavy (non-hydrogen) atoms. The zero-order valence-corrected chi connectivity index (χ0v) is 13.1. The van der Waals surface area contributed by atoms with Gasteiger partial charge >= 0.3 is 0 Å². The van der Waals surface area contributed by atoms with Crippen LogP contribution in [0.25, 0.3) is 0 Å². The minimum absolute atomic E-state index is 0.0246. The molecular weight excluding hydrogens is 306 g/mol. The Labute approximate surface area is 133 Å². The van der Waals surface area contributed by atoms with E-state index in [1.54, 1.807) is 13.8 Å². The minimum Gasteiger partial charge on any atom is -0.396 e. The fourth-order valence-electron chi connectivity index (χ4n) is 2.46. The zero-order chi connectivity index (χ0) is 17.1. The monoisotopic (exact) mass is 326 g/mol. The highest BCUT2D eigenvalue weighted by Gasteiger charge is 2.36. The van der Waals surface area contributed by atoms with Crippen molar-refractivity contribution < 1.29 is 23.5 Å². The molecule has 1 saturated heterocycles. The molecule has 5 nitrogen and oxygen atoms in total. The topological polar surface area (TPSA) is 69.6 Å². The molecule has 2 N–H and O–H groups in total. The quantitative estimate of drug-likeness (QED) is 0.860. The average molecular weight is 326 g/mol. The van der Waals surface area contributed by atoms with Gasteiger partial charge in [0.15, 0.2) is 0 Å². The molecule has 1 aliphatic rings. The van der Waals surface area contributed by atoms with Gasteiger partial charge in [0.25, 0.3) is 0 Å². The van der Waals surface area contributed by atoms with Crippen LogP contribution in [-0.2, 0) is 9.59 Å². The third-order valence-electron chi connectivity index (χ3n) is 4.21. The van der Waals surface area contributed by atoms with Crippen LogP contribution < -0.4 is 10.2 Å². The van der Waals surface area contributed by atoms with Crippen molar-refractivity contribution in [1.29, 1.82) is 0 Å². The normalized spacial score (nSPS) is 20.5. The van der Waals surface area contributed by atoms with Crippen LogP contribution in [0.2, 0.25) is 0 Å². The first-order valence-electron chi connectivity index (χ1n) is 7.50. The number of nitrogens with one attached hydrogen (secondary N) is 1. The Bertz CT molecular complexity index is 609. The fraction of sp³-hybridized carbons (Fsp3) is 0.500. The molecule has 0 aliphatic carbocycles. The van der Waals surface area contributed by atoms with Crippen molar-refractivity contribution in [2.45, 2.75) is 26.3 Å². The molecule has 3 atom stereocenters. The Kier molecular flexibility index (Phi) is 5.30. The third-order valence-corrected chi connectivity index (χ3v) is 4.21. The molecule has 7 heteroatoms. The van der Waals surface area contributed by atoms with E-state index in [-0.39, 0.29) is 49.0 Å². The Morgan fingerprint density at radius 2 is 2.13 bits per heavy atom. The summed E-state index contributed by atoms with van der Waals surface area (Å²) in [6.45, 7) is 3.56. The first-order valence-corrected chi connectivity index (χ1v) is 7.50. The molecule has 1 aromatic rings. The van der Waals surface area contributed by atoms with E-state index >= 15 is 0 Å². The van der Waals surface area contributed by atoms with Crippen molar-refractivity contribution >= 4 is 17.5 Å². The molecule has 0 bridgehead atoms. The summed E-state index contributed by atoms with van der Waals surface area (Å²) < 4.78 is 26.8. The number of hydrogen-bond acceptors (Lipinski definition) is 3. The second-order valence-corrected chi connectivity index (χ2v) is 5.96. The van der Waals surface area contributed by atoms with E-state index in [4.69, 9.17) is 5.11 Å². The smallest absolute Gasteiger partial charge is 0.227 e. The van der Waals surface area contributed by atoms with Crippen LogP contribution in [0.4, 0.5) is 14.5 Å². The highest BCUT2D eigenvalue weighted by Crippen LogP contribution is 2.28. The number of aliphatic hydroxyl groups is 1. The summed E-state index contributed by atoms with van der Waals surface area (Å²) >= 11 is 0. The Balaban J connectivity index is 2.06. The summed E-state index contributed by atoms with van der Waals surface area (Å²) in [6.07, 6.45) is -0.0249. The summed E-state index contributed by atoms with van der Waals surface area (Å²) in [4.78, 5) is 25.4. The number of carbonyl (C=O) groups is 2. The van der Waals surface area contributed by atoms with Crippen molar-refractivity contribution in [3.63, 3.8) is 0 Å². The number of hydrogen-bond donors (Lipinski definition) is 2. The highest BCUT2D eigenvalue weighted by molar-refractivity contribution is 6.00. The lowest BCUT2D eigenvalue weighted by Crippen LogP contribution is -2.42. The maximum Gasteiger partial charge on any atom is 0.227 e. The molecule has 1 aliphatic heterocycles. The van der Waals surface area contributed by atoms with E-state index < -0.39 is 17.6 Å². The highest BCUT2D eigenvalue weighted by atomic mass is 19.1. The number of carbonyl (C=O) groups excluding carboxylic acids is 2. The standard InChI is InChI=1S/C16H20F2N2O3/c1-9(8-21)10(2)19-16(23)11-5-15(22)20(7-11)14-4-3-12(17)6-13(14)18/h3-4,6,9-11,21H,5,7-8H2,1-2H3,(H,19,23). The zero-order valence-electron chi connectivity index (χ0n) is 13.1. The van der Waals surface area contributed by atoms with Gasteiger partial charge in [0.05, 0.1) is 11.6 Å². The number of amides is 2. The van der Waals surface area contributed by atoms with Crippen LogP contribution in [0.15, 0.2) is 18.2 Å². The molecule has 0 saturated carbocycles. The summed E-state index contributed by atoms with van der Waals surface area (Å²) in [5.41, 5.74) is -0.0246. The van der Waals surface area contributed by atoms with Crippen LogP contribution >= 0.6 is 0 Å². The second-order valence-electron chi connectivity index (χ2n) is 5.96. The SMILES string of the molecule is CC(CO)C(C)NC(=O)C1CC(=O)N(c2ccc(F)cc2F)C1. The van der Waals surface area contributed by atoms with Crippen molar-refractivity contribution in [1.82, 2.24) is 5.32 Å². The van der Waals surface area contributed by atoms with Crippen molar-refractivity contribution in [3.05, 3.63) is 29.8 Å². The van der Waals surface area contributed by atoms with E-state index in [9.17, 15) is 18.4 Å². The third kappa shape index (κ3) is 3.85. The van der Waals surface area contributed by atoms with Crippen molar-refractivity contribution in [3.8, 4) is 0 Å². The number of nitrogens with zero attached hydrogens (tertiary/aromatic N) is 1. The number of benzene rings is 1. The molecule has 3 unspecified atom stereocenters. The first kappa shape index (κ1) is 17.3. The van der Waals surface area contributed by atoms with Crippen LogP contribution in [0, 0.1) is 23.5 Å². The molecule has 0 aromatic heterocycles. The van der Waals surface area contributed by atoms with Crippen LogP contribution in [-0.4, -0.2) is 36.1 Å². The van der Waals surface area contributed by atoms with Gasteiger partial charge in [0, 0.05) is 31.7 Å². The summed E-state index contributed by atoms with van der Waals surface area (Å²) in [5.74, 6) is -2.95. The van der Waals surface area contributed by atoms with E-state index in [1.807, 2.05) is 0 Å². The van der Waals surface area contributed by atoms with Gasteiger partial charge in [-0.05, 0) is 25.0 Å². The lowest BCUT2D eigenvalue weighted by Gasteiger charge is -2.21. The van der Waals surface area contributed by atoms with Gasteiger partial charge in [0.1, 0.15) is 11.6 Å². The number of aliphatic hydroxyl groups excluding tert-OH is 1. The van der Waals surface area contributed by atoms with Crippen molar-refractivity contribution in [2.75, 3.05) is 18.1 Å². The minimum atomic E-state index is -0.832. The summed E-state index contributed by atoms with van der Waals surface area (Å²) in [7, 11) is 0. The molecular formula is C16H20F2N2O3. The molecule has 1 heterocycles. The van der Waals surface area contributed by atoms with Gasteiger partial charge in [0.2, 0.25) is 11.8 Å². The molecule has 2 rings (SSSR count). The van der Waals surface area contributed by atoms with E-state index in [1.165, 1.54) is 11.0 Å². The molecule has 1 aromatic carbocycles. The van der Waals surface area contributed by atoms with Gasteiger partial charge in [-0.2, -0.15) is 0 Å². The summed E-state index contributed by atoms with van der Waals surface area (Å²) in [6, 6.07) is 2.74. The number of halogens is 2. The van der Waals surface area contributed by atoms with Gasteiger partial charge in [-0.25, -0.2) is 8.78 Å². The average Bonchev–Trinajstić information content (AvgIpc) is 2.88. The van der Waals surface area contributed by atoms with Gasteiger partial charge in [-0.1, -0.05) is 6.92 Å². The molecule has 0 spiro atoms. The lowest BCUT2D eigenvalue weighted by molar-refractivity contribution is -0.127. The molecule has 2 amide bonds. The van der Waals surface area contributed by atoms with Gasteiger partial charge in [-0.15, -0.1) is 0 Å². The Hall–Kier alpha value is -2.02. The predicted molar refractivity (Wildman–Crippen MR) is 80.7 cm³/mol. The largest absolute Gasteiger partial charge is 0.396 e. The molecule has 1 fully saturated rings. The predicted octanol–water partition coefficient (Wildman–Crippen LogP) is 1.45. The second kappa shape index (κ2) is 7.04. The van der Waals surface area contributed by atoms with Crippen molar-refractivity contribution in [2.24, 2.45) is 11.8 Å². The maximum atomic E-state index is 13.8. The van der Waals surface area contributed by atoms with E-state index in [0.29, 0.717) is 6.07 Å². The van der Waals surface area contributed by atoms with Gasteiger partial charge < -0.3 is 15.3 Å². The summed E-state index contributed by atoms with van der Waals surface area (Å²) in [5, 5.41) is 11.8. The van der Waals surface area contributed by atoms with E-state index in [0.717, 1.165) is 6.07 Å². The maximum absolute atomic E-state index is 13.8. The Morgan fingerprint density at radius 1 is 1.43 bits per heavy atom. The lowest BCUT2D eigenvalue weighted by atomic mass is 10.0. The first-order chi connectivity index (χ1) is 10.8. The fourth-order valence-corrected chi connectivity index (χ4v) is 2.46. The van der Waals surface area contributed by atoms with Crippen LogP contribution in [0.1, 0.15) is 20.3 Å². The molecule has 0 radical (unpaired) electrons. The van der Waals surface area contributed by atoms with Crippen LogP contribution in [0.3, 0.4) is 0 Å². The van der Waals surface area contributed by atoms with Crippen LogP contribution in [0.5, 0.6) is 0 Å². The number of anilines is 1. The molecule has 126 valence electrons. The number of rotatable bonds is 5. The van der Waals surface area contributed by atoms with E-state index in [2.05, 4.69) is 5.32 Å².